The first-order valence-corrected chi connectivity index (χ1v) is 6.32. The Morgan fingerprint density at radius 1 is 1.06 bits per heavy atom. The molecule has 0 heterocycles. The van der Waals surface area contributed by atoms with E-state index >= 15 is 0 Å². The molecule has 0 radical (unpaired) electrons. The summed E-state index contributed by atoms with van der Waals surface area (Å²) in [6, 6.07) is 15.3. The van der Waals surface area contributed by atoms with Crippen LogP contribution in [0.4, 0.5) is 4.39 Å². The van der Waals surface area contributed by atoms with Gasteiger partial charge in [-0.25, -0.2) is 4.39 Å². The molecule has 2 N–H and O–H groups in total. The van der Waals surface area contributed by atoms with Crippen molar-refractivity contribution < 1.29 is 4.39 Å². The Bertz CT molecular complexity index is 565. The van der Waals surface area contributed by atoms with E-state index in [0.29, 0.717) is 12.3 Å². The number of rotatable bonds is 2. The molecule has 18 heavy (non-hydrogen) atoms. The molecular formula is C16H16FN. The summed E-state index contributed by atoms with van der Waals surface area (Å²) in [5.74, 6) is 0.181. The SMILES string of the molecule is NC1c2ccccc2CC1Cc1ccccc1F. The van der Waals surface area contributed by atoms with Gasteiger partial charge >= 0.3 is 0 Å². The molecule has 2 atom stereocenters. The van der Waals surface area contributed by atoms with Crippen molar-refractivity contribution >= 4 is 0 Å². The van der Waals surface area contributed by atoms with E-state index < -0.39 is 0 Å². The molecule has 0 aromatic heterocycles. The lowest BCUT2D eigenvalue weighted by Crippen LogP contribution is -2.19. The molecule has 0 bridgehead atoms. The van der Waals surface area contributed by atoms with Crippen LogP contribution in [-0.2, 0) is 12.8 Å². The second-order valence-corrected chi connectivity index (χ2v) is 4.98. The molecule has 0 saturated heterocycles. The van der Waals surface area contributed by atoms with Crippen LogP contribution in [-0.4, -0.2) is 0 Å². The predicted octanol–water partition coefficient (Wildman–Crippen LogP) is 3.24. The smallest absolute Gasteiger partial charge is 0.126 e. The Labute approximate surface area is 106 Å². The van der Waals surface area contributed by atoms with Crippen LogP contribution >= 0.6 is 0 Å². The minimum Gasteiger partial charge on any atom is -0.324 e. The lowest BCUT2D eigenvalue weighted by atomic mass is 9.93. The summed E-state index contributed by atoms with van der Waals surface area (Å²) in [5.41, 5.74) is 9.57. The fourth-order valence-corrected chi connectivity index (χ4v) is 2.85. The molecule has 2 aromatic rings. The number of benzene rings is 2. The molecule has 1 aliphatic rings. The minimum absolute atomic E-state index is 0.0285. The molecule has 0 aliphatic heterocycles. The topological polar surface area (TPSA) is 26.0 Å². The highest BCUT2D eigenvalue weighted by molar-refractivity contribution is 5.36. The first-order chi connectivity index (χ1) is 8.75. The van der Waals surface area contributed by atoms with E-state index in [-0.39, 0.29) is 11.9 Å². The summed E-state index contributed by atoms with van der Waals surface area (Å²) in [4.78, 5) is 0. The van der Waals surface area contributed by atoms with E-state index in [1.165, 1.54) is 17.2 Å². The molecule has 0 fully saturated rings. The van der Waals surface area contributed by atoms with Gasteiger partial charge in [0.05, 0.1) is 0 Å². The van der Waals surface area contributed by atoms with Gasteiger partial charge in [-0.3, -0.25) is 0 Å². The molecule has 2 aromatic carbocycles. The van der Waals surface area contributed by atoms with Crippen LogP contribution in [0.25, 0.3) is 0 Å². The van der Waals surface area contributed by atoms with Gasteiger partial charge in [-0.1, -0.05) is 42.5 Å². The number of nitrogens with two attached hydrogens (primary N) is 1. The van der Waals surface area contributed by atoms with E-state index in [1.807, 2.05) is 24.3 Å². The van der Waals surface area contributed by atoms with Crippen molar-refractivity contribution in [3.05, 3.63) is 71.0 Å². The normalized spacial score (nSPS) is 21.9. The third kappa shape index (κ3) is 1.93. The summed E-state index contributed by atoms with van der Waals surface area (Å²) in [7, 11) is 0. The highest BCUT2D eigenvalue weighted by Gasteiger charge is 2.29. The van der Waals surface area contributed by atoms with Gasteiger partial charge in [0.25, 0.3) is 0 Å². The molecule has 92 valence electrons. The van der Waals surface area contributed by atoms with Gasteiger partial charge in [0.15, 0.2) is 0 Å². The number of hydrogen-bond donors (Lipinski definition) is 1. The van der Waals surface area contributed by atoms with Crippen LogP contribution in [0.15, 0.2) is 48.5 Å². The number of fused-ring (bicyclic) bond motifs is 1. The quantitative estimate of drug-likeness (QED) is 0.858. The molecule has 1 aliphatic carbocycles. The fourth-order valence-electron chi connectivity index (χ4n) is 2.85. The summed E-state index contributed by atoms with van der Waals surface area (Å²) in [6.45, 7) is 0. The van der Waals surface area contributed by atoms with Crippen LogP contribution in [0, 0.1) is 11.7 Å². The Balaban J connectivity index is 1.83. The molecular weight excluding hydrogens is 225 g/mol. The van der Waals surface area contributed by atoms with Crippen LogP contribution < -0.4 is 5.73 Å². The Morgan fingerprint density at radius 3 is 2.56 bits per heavy atom. The molecule has 1 nitrogen and oxygen atoms in total. The summed E-state index contributed by atoms with van der Waals surface area (Å²) >= 11 is 0. The number of halogens is 1. The number of hydrogen-bond acceptors (Lipinski definition) is 1. The van der Waals surface area contributed by atoms with Crippen molar-refractivity contribution in [2.45, 2.75) is 18.9 Å². The van der Waals surface area contributed by atoms with Gasteiger partial charge in [-0.05, 0) is 41.5 Å². The van der Waals surface area contributed by atoms with Crippen molar-refractivity contribution in [3.8, 4) is 0 Å². The van der Waals surface area contributed by atoms with Crippen molar-refractivity contribution in [3.63, 3.8) is 0 Å². The van der Waals surface area contributed by atoms with Crippen LogP contribution in [0.5, 0.6) is 0 Å². The van der Waals surface area contributed by atoms with Gasteiger partial charge in [0.2, 0.25) is 0 Å². The molecule has 2 heteroatoms. The zero-order valence-electron chi connectivity index (χ0n) is 10.1. The van der Waals surface area contributed by atoms with E-state index in [1.54, 1.807) is 6.07 Å². The van der Waals surface area contributed by atoms with Gasteiger partial charge in [0.1, 0.15) is 5.82 Å². The van der Waals surface area contributed by atoms with E-state index in [9.17, 15) is 4.39 Å². The van der Waals surface area contributed by atoms with Crippen LogP contribution in [0.3, 0.4) is 0 Å². The van der Waals surface area contributed by atoms with Gasteiger partial charge in [-0.15, -0.1) is 0 Å². The van der Waals surface area contributed by atoms with Crippen molar-refractivity contribution in [2.24, 2.45) is 11.7 Å². The van der Waals surface area contributed by atoms with Gasteiger partial charge in [-0.2, -0.15) is 0 Å². The lowest BCUT2D eigenvalue weighted by molar-refractivity contribution is 0.454. The zero-order valence-corrected chi connectivity index (χ0v) is 10.1. The van der Waals surface area contributed by atoms with Crippen LogP contribution in [0.2, 0.25) is 0 Å². The fraction of sp³-hybridized carbons (Fsp3) is 0.250. The van der Waals surface area contributed by atoms with Crippen molar-refractivity contribution in [1.29, 1.82) is 0 Å². The molecule has 3 rings (SSSR count). The van der Waals surface area contributed by atoms with Crippen molar-refractivity contribution in [2.75, 3.05) is 0 Å². The standard InChI is InChI=1S/C16H16FN/c17-15-8-4-2-6-12(15)10-13-9-11-5-1-3-7-14(11)16(13)18/h1-8,13,16H,9-10,18H2. The second-order valence-electron chi connectivity index (χ2n) is 4.98. The molecule has 0 saturated carbocycles. The van der Waals surface area contributed by atoms with Crippen molar-refractivity contribution in [1.82, 2.24) is 0 Å². The maximum atomic E-state index is 13.7. The summed E-state index contributed by atoms with van der Waals surface area (Å²) in [5, 5.41) is 0. The maximum Gasteiger partial charge on any atom is 0.126 e. The Morgan fingerprint density at radius 2 is 1.78 bits per heavy atom. The first-order valence-electron chi connectivity index (χ1n) is 6.32. The zero-order chi connectivity index (χ0) is 12.5. The van der Waals surface area contributed by atoms with Gasteiger partial charge < -0.3 is 5.73 Å². The average Bonchev–Trinajstić information content (AvgIpc) is 2.70. The molecule has 2 unspecified atom stereocenters. The van der Waals surface area contributed by atoms with Crippen LogP contribution in [0.1, 0.15) is 22.7 Å². The highest BCUT2D eigenvalue weighted by Crippen LogP contribution is 2.36. The lowest BCUT2D eigenvalue weighted by Gasteiger charge is -2.16. The van der Waals surface area contributed by atoms with Gasteiger partial charge in [0, 0.05) is 6.04 Å². The second kappa shape index (κ2) is 4.54. The predicted molar refractivity (Wildman–Crippen MR) is 70.7 cm³/mol. The minimum atomic E-state index is -0.124. The summed E-state index contributed by atoms with van der Waals surface area (Å²) in [6.07, 6.45) is 1.66. The average molecular weight is 241 g/mol. The van der Waals surface area contributed by atoms with E-state index in [4.69, 9.17) is 5.73 Å². The third-order valence-corrected chi connectivity index (χ3v) is 3.84. The maximum absolute atomic E-state index is 13.7. The van der Waals surface area contributed by atoms with E-state index in [2.05, 4.69) is 12.1 Å². The molecule has 0 amide bonds. The largest absolute Gasteiger partial charge is 0.324 e. The Hall–Kier alpha value is -1.67. The van der Waals surface area contributed by atoms with E-state index in [0.717, 1.165) is 12.0 Å². The molecule has 0 spiro atoms. The Kier molecular flexibility index (Phi) is 2.88. The monoisotopic (exact) mass is 241 g/mol. The third-order valence-electron chi connectivity index (χ3n) is 3.84. The first kappa shape index (κ1) is 11.4. The highest BCUT2D eigenvalue weighted by atomic mass is 19.1. The summed E-state index contributed by atoms with van der Waals surface area (Å²) < 4.78 is 13.7.